The van der Waals surface area contributed by atoms with Crippen LogP contribution in [0.5, 0.6) is 0 Å². The van der Waals surface area contributed by atoms with Crippen LogP contribution in [0.2, 0.25) is 0 Å². The van der Waals surface area contributed by atoms with E-state index in [1.807, 2.05) is 0 Å². The predicted molar refractivity (Wildman–Crippen MR) is 365 cm³/mol. The summed E-state index contributed by atoms with van der Waals surface area (Å²) in [6, 6.07) is 49.8. The summed E-state index contributed by atoms with van der Waals surface area (Å²) in [6.45, 7) is 10.4. The van der Waals surface area contributed by atoms with E-state index in [4.69, 9.17) is 0 Å². The van der Waals surface area contributed by atoms with Gasteiger partial charge in [0, 0.05) is 22.8 Å². The fourth-order valence-electron chi connectivity index (χ4n) is 14.6. The molecule has 0 saturated carbocycles. The number of carbonyl (C=O) groups excluding carboxylic acids is 2. The van der Waals surface area contributed by atoms with Crippen molar-refractivity contribution in [3.05, 3.63) is 154 Å². The number of nitrogens with zero attached hydrogens (tertiary/aromatic N) is 2. The molecule has 0 radical (unpaired) electrons. The minimum Gasteiger partial charge on any atom is -0.306 e. The highest BCUT2D eigenvalue weighted by Gasteiger charge is 2.50. The number of unbranched alkanes of at least 4 members (excludes halogenated alkanes) is 16. The highest BCUT2D eigenvalue weighted by molar-refractivity contribution is 7.17. The lowest BCUT2D eigenvalue weighted by Gasteiger charge is -2.29. The quantitative estimate of drug-likeness (QED) is 0.0311. The molecule has 2 atom stereocenters. The average molecular weight is 1150 g/mol. The molecule has 2 aliphatic rings. The molecule has 10 aromatic rings. The Bertz CT molecular complexity index is 3580. The largest absolute Gasteiger partial charge is 0.306 e. The van der Waals surface area contributed by atoms with Crippen LogP contribution in [0.3, 0.4) is 0 Å². The van der Waals surface area contributed by atoms with Crippen molar-refractivity contribution in [1.82, 2.24) is 9.80 Å². The number of hydrogen-bond acceptors (Lipinski definition) is 4. The van der Waals surface area contributed by atoms with E-state index >= 15 is 9.59 Å². The molecule has 4 nitrogen and oxygen atoms in total. The first-order valence-electron chi connectivity index (χ1n) is 33.0. The van der Waals surface area contributed by atoms with Gasteiger partial charge in [0.1, 0.15) is 0 Å². The maximum Gasteiger partial charge on any atom is 0.261 e. The molecule has 2 aliphatic heterocycles. The van der Waals surface area contributed by atoms with Gasteiger partial charge in [-0.2, -0.15) is 0 Å². The van der Waals surface area contributed by atoms with Gasteiger partial charge in [-0.3, -0.25) is 9.59 Å². The predicted octanol–water partition coefficient (Wildman–Crippen LogP) is 23.4. The molecule has 0 bridgehead atoms. The van der Waals surface area contributed by atoms with Crippen LogP contribution in [0.15, 0.2) is 145 Å². The number of hydrogen-bond donors (Lipinski definition) is 0. The van der Waals surface area contributed by atoms with Gasteiger partial charge in [0.2, 0.25) is 0 Å². The van der Waals surface area contributed by atoms with Crippen LogP contribution in [0.1, 0.15) is 192 Å². The molecule has 0 aliphatic carbocycles. The first-order valence-corrected chi connectivity index (χ1v) is 34.7. The van der Waals surface area contributed by atoms with Crippen molar-refractivity contribution in [3.8, 4) is 20.9 Å². The normalized spacial score (nSPS) is 14.8. The van der Waals surface area contributed by atoms with Crippen LogP contribution in [0.25, 0.3) is 96.9 Å². The van der Waals surface area contributed by atoms with Crippen molar-refractivity contribution in [3.63, 3.8) is 0 Å². The van der Waals surface area contributed by atoms with E-state index in [1.54, 1.807) is 22.7 Å². The second kappa shape index (κ2) is 26.9. The molecule has 434 valence electrons. The minimum atomic E-state index is 0.0126. The zero-order valence-electron chi connectivity index (χ0n) is 50.8. The third kappa shape index (κ3) is 12.0. The van der Waals surface area contributed by atoms with E-state index in [1.165, 1.54) is 204 Å². The number of amides is 2. The van der Waals surface area contributed by atoms with Crippen molar-refractivity contribution < 1.29 is 9.59 Å². The van der Waals surface area contributed by atoms with E-state index in [0.717, 1.165) is 56.6 Å². The molecule has 6 heteroatoms. The van der Waals surface area contributed by atoms with Gasteiger partial charge in [-0.05, 0) is 162 Å². The number of rotatable bonds is 32. The van der Waals surface area contributed by atoms with Crippen LogP contribution in [0, 0.1) is 11.8 Å². The molecule has 4 heterocycles. The number of benzene rings is 8. The number of thiophene rings is 2. The van der Waals surface area contributed by atoms with Crippen molar-refractivity contribution in [2.45, 2.75) is 182 Å². The van der Waals surface area contributed by atoms with E-state index in [2.05, 4.69) is 171 Å². The molecule has 2 amide bonds. The summed E-state index contributed by atoms with van der Waals surface area (Å²) in [5.41, 5.74) is 5.29. The Kier molecular flexibility index (Phi) is 18.6. The lowest BCUT2D eigenvalue weighted by molar-refractivity contribution is -0.124. The first kappa shape index (κ1) is 58.1. The molecule has 2 aromatic heterocycles. The summed E-state index contributed by atoms with van der Waals surface area (Å²) in [4.78, 5) is 41.2. The van der Waals surface area contributed by atoms with Gasteiger partial charge in [-0.25, -0.2) is 0 Å². The maximum atomic E-state index is 16.3. The molecule has 8 aromatic carbocycles. The highest BCUT2D eigenvalue weighted by atomic mass is 32.1. The average Bonchev–Trinajstić information content (AvgIpc) is 1.69. The number of fused-ring (bicyclic) bond motifs is 1. The monoisotopic (exact) mass is 1150 g/mol. The van der Waals surface area contributed by atoms with Crippen molar-refractivity contribution in [2.75, 3.05) is 13.1 Å². The maximum absolute atomic E-state index is 16.3. The lowest BCUT2D eigenvalue weighted by Crippen LogP contribution is -2.34. The van der Waals surface area contributed by atoms with E-state index in [9.17, 15) is 0 Å². The lowest BCUT2D eigenvalue weighted by atomic mass is 9.93. The fraction of sp³-hybridized carbons (Fsp3) is 0.410. The summed E-state index contributed by atoms with van der Waals surface area (Å²) in [6.07, 6.45) is 29.1. The van der Waals surface area contributed by atoms with E-state index < -0.39 is 0 Å². The minimum absolute atomic E-state index is 0.0126. The van der Waals surface area contributed by atoms with Gasteiger partial charge in [0.05, 0.1) is 32.3 Å². The number of carbonyl (C=O) groups is 2. The zero-order chi connectivity index (χ0) is 57.5. The van der Waals surface area contributed by atoms with Crippen LogP contribution >= 0.6 is 22.7 Å². The second-order valence-corrected chi connectivity index (χ2v) is 27.3. The summed E-state index contributed by atoms with van der Waals surface area (Å²) >= 11 is 3.51. The third-order valence-corrected chi connectivity index (χ3v) is 21.4. The molecule has 0 N–H and O–H groups in total. The SMILES string of the molecule is CCCCCCCCC(CCCCCC)CN1C(=O)C2=C(c3ccc(-c4cc5ccc6cccc7ccc(c4)c5c67)s3)N(CC(CCCCCC)CCCCCCCC)C(=O)C2=C1c1ccc(-c2cc3ccc4cccc5ccc(c2)c3c45)s1. The molecule has 0 spiro atoms. The molecule has 0 saturated heterocycles. The van der Waals surface area contributed by atoms with Crippen LogP contribution in [-0.4, -0.2) is 34.7 Å². The molecule has 12 rings (SSSR count). The Hall–Kier alpha value is -6.34. The summed E-state index contributed by atoms with van der Waals surface area (Å²) in [5, 5.41) is 15.3. The topological polar surface area (TPSA) is 40.6 Å². The van der Waals surface area contributed by atoms with Crippen LogP contribution in [-0.2, 0) is 9.59 Å². The molecular formula is C78H88N2O2S2. The molecule has 2 unspecified atom stereocenters. The van der Waals surface area contributed by atoms with Crippen molar-refractivity contribution in [1.29, 1.82) is 0 Å². The van der Waals surface area contributed by atoms with Crippen molar-refractivity contribution >= 4 is 111 Å². The second-order valence-electron chi connectivity index (χ2n) is 25.2. The van der Waals surface area contributed by atoms with Crippen molar-refractivity contribution in [2.24, 2.45) is 11.8 Å². The fourth-order valence-corrected chi connectivity index (χ4v) is 16.7. The summed E-state index contributed by atoms with van der Waals surface area (Å²) in [5.74, 6) is 0.711. The molecule has 84 heavy (non-hydrogen) atoms. The summed E-state index contributed by atoms with van der Waals surface area (Å²) in [7, 11) is 0. The Morgan fingerprint density at radius 3 is 0.929 bits per heavy atom. The smallest absolute Gasteiger partial charge is 0.261 e. The van der Waals surface area contributed by atoms with E-state index in [0.29, 0.717) is 36.1 Å². The molecular weight excluding hydrogens is 1060 g/mol. The summed E-state index contributed by atoms with van der Waals surface area (Å²) < 4.78 is 0. The first-order chi connectivity index (χ1) is 41.3. The van der Waals surface area contributed by atoms with Gasteiger partial charge >= 0.3 is 0 Å². The zero-order valence-corrected chi connectivity index (χ0v) is 52.4. The van der Waals surface area contributed by atoms with Gasteiger partial charge in [-0.15, -0.1) is 22.7 Å². The Morgan fingerprint density at radius 1 is 0.321 bits per heavy atom. The van der Waals surface area contributed by atoms with Crippen LogP contribution < -0.4 is 0 Å². The Morgan fingerprint density at radius 2 is 0.595 bits per heavy atom. The highest BCUT2D eigenvalue weighted by Crippen LogP contribution is 2.52. The standard InChI is InChI=1S/C78H88N2O2S2/c1-5-9-13-17-19-23-29-53(27-21-15-11-7-3)51-79-75(67-45-43-65(83-67)63-47-59-39-35-55-31-25-32-56-36-40-60(48-63)71(59)69(55)56)73-74(77(79)81)76(80(78(73)82)52-54(28-22-16-12-8-4)30-24-20-18-14-10-6-2)68-46-44-66(84-68)64-49-61-41-37-57-33-26-34-58-38-42-62(50-64)72(61)70(57)58/h25-26,31-50,53-54H,5-24,27-30,51-52H2,1-4H3. The van der Waals surface area contributed by atoms with Gasteiger partial charge < -0.3 is 9.80 Å². The van der Waals surface area contributed by atoms with Gasteiger partial charge in [-0.1, -0.05) is 241 Å². The third-order valence-electron chi connectivity index (χ3n) is 19.1. The van der Waals surface area contributed by atoms with Gasteiger partial charge in [0.15, 0.2) is 0 Å². The Balaban J connectivity index is 0.979. The van der Waals surface area contributed by atoms with Crippen LogP contribution in [0.4, 0.5) is 0 Å². The van der Waals surface area contributed by atoms with Gasteiger partial charge in [0.25, 0.3) is 11.8 Å². The van der Waals surface area contributed by atoms with E-state index in [-0.39, 0.29) is 11.8 Å². The molecule has 0 fully saturated rings. The Labute approximate surface area is 508 Å².